The lowest BCUT2D eigenvalue weighted by Crippen LogP contribution is -2.24. The fraction of sp³-hybridized carbons (Fsp3) is 1.00. The van der Waals surface area contributed by atoms with Crippen molar-refractivity contribution in [2.24, 2.45) is 5.73 Å². The van der Waals surface area contributed by atoms with Gasteiger partial charge in [0, 0.05) is 19.9 Å². The summed E-state index contributed by atoms with van der Waals surface area (Å²) >= 11 is 0. The second-order valence-corrected chi connectivity index (χ2v) is 4.77. The van der Waals surface area contributed by atoms with Gasteiger partial charge in [-0.15, -0.1) is 0 Å². The molecule has 0 amide bonds. The van der Waals surface area contributed by atoms with Gasteiger partial charge < -0.3 is 10.5 Å². The normalized spacial score (nSPS) is 14.8. The summed E-state index contributed by atoms with van der Waals surface area (Å²) in [5.41, 5.74) is 5.29. The van der Waals surface area contributed by atoms with Crippen molar-refractivity contribution in [3.05, 3.63) is 0 Å². The lowest BCUT2D eigenvalue weighted by molar-refractivity contribution is 0.107. The number of hydrogen-bond acceptors (Lipinski definition) is 4. The van der Waals surface area contributed by atoms with E-state index in [0.29, 0.717) is 13.0 Å². The highest BCUT2D eigenvalue weighted by molar-refractivity contribution is 7.90. The van der Waals surface area contributed by atoms with Crippen LogP contribution in [0.2, 0.25) is 0 Å². The lowest BCUT2D eigenvalue weighted by Gasteiger charge is -2.10. The summed E-state index contributed by atoms with van der Waals surface area (Å²) in [5.74, 6) is 0.142. The van der Waals surface area contributed by atoms with Crippen molar-refractivity contribution in [2.75, 3.05) is 25.7 Å². The van der Waals surface area contributed by atoms with Crippen LogP contribution in [0.25, 0.3) is 0 Å². The van der Waals surface area contributed by atoms with Gasteiger partial charge in [-0.3, -0.25) is 0 Å². The number of methoxy groups -OCH3 is 1. The second-order valence-electron chi connectivity index (χ2n) is 2.51. The predicted molar refractivity (Wildman–Crippen MR) is 44.2 cm³/mol. The Morgan fingerprint density at radius 2 is 2.09 bits per heavy atom. The monoisotopic (exact) mass is 181 g/mol. The minimum atomic E-state index is -2.87. The summed E-state index contributed by atoms with van der Waals surface area (Å²) in [6, 6.07) is 0. The SMILES string of the molecule is COC(CN)CCS(C)(=O)=O. The van der Waals surface area contributed by atoms with Gasteiger partial charge in [-0.05, 0) is 6.42 Å². The minimum absolute atomic E-state index is 0.135. The van der Waals surface area contributed by atoms with E-state index in [-0.39, 0.29) is 11.9 Å². The van der Waals surface area contributed by atoms with Crippen molar-refractivity contribution < 1.29 is 13.2 Å². The Kier molecular flexibility index (Phi) is 4.63. The summed E-state index contributed by atoms with van der Waals surface area (Å²) in [6.07, 6.45) is 1.55. The molecule has 0 bridgehead atoms. The Hall–Kier alpha value is -0.130. The van der Waals surface area contributed by atoms with Gasteiger partial charge in [0.1, 0.15) is 9.84 Å². The molecule has 0 aliphatic rings. The quantitative estimate of drug-likeness (QED) is 0.614. The number of sulfone groups is 1. The molecule has 0 aromatic carbocycles. The fourth-order valence-corrected chi connectivity index (χ4v) is 1.37. The fourth-order valence-electron chi connectivity index (χ4n) is 0.677. The standard InChI is InChI=1S/C6H15NO3S/c1-10-6(5-7)3-4-11(2,8)9/h6H,3-5,7H2,1-2H3. The Bertz CT molecular complexity index is 184. The van der Waals surface area contributed by atoms with Crippen LogP contribution in [0.4, 0.5) is 0 Å². The molecule has 0 fully saturated rings. The zero-order valence-corrected chi connectivity index (χ0v) is 7.73. The van der Waals surface area contributed by atoms with E-state index in [2.05, 4.69) is 0 Å². The molecule has 0 spiro atoms. The number of nitrogens with two attached hydrogens (primary N) is 1. The molecule has 11 heavy (non-hydrogen) atoms. The van der Waals surface area contributed by atoms with E-state index >= 15 is 0 Å². The van der Waals surface area contributed by atoms with Crippen molar-refractivity contribution in [3.63, 3.8) is 0 Å². The minimum Gasteiger partial charge on any atom is -0.380 e. The van der Waals surface area contributed by atoms with Gasteiger partial charge in [0.2, 0.25) is 0 Å². The number of ether oxygens (including phenoxy) is 1. The molecule has 1 atom stereocenters. The summed E-state index contributed by atoms with van der Waals surface area (Å²) < 4.78 is 26.2. The van der Waals surface area contributed by atoms with Crippen molar-refractivity contribution in [1.82, 2.24) is 0 Å². The van der Waals surface area contributed by atoms with Crippen LogP contribution in [-0.4, -0.2) is 40.2 Å². The maximum atomic E-state index is 10.7. The summed E-state index contributed by atoms with van der Waals surface area (Å²) in [7, 11) is -1.35. The van der Waals surface area contributed by atoms with Crippen molar-refractivity contribution >= 4 is 9.84 Å². The van der Waals surface area contributed by atoms with Gasteiger partial charge in [-0.1, -0.05) is 0 Å². The molecule has 0 heterocycles. The Morgan fingerprint density at radius 3 is 2.36 bits per heavy atom. The smallest absolute Gasteiger partial charge is 0.147 e. The van der Waals surface area contributed by atoms with Crippen LogP contribution in [-0.2, 0) is 14.6 Å². The van der Waals surface area contributed by atoms with Gasteiger partial charge in [0.05, 0.1) is 11.9 Å². The molecular weight excluding hydrogens is 166 g/mol. The average Bonchev–Trinajstić information content (AvgIpc) is 1.88. The van der Waals surface area contributed by atoms with Crippen molar-refractivity contribution in [3.8, 4) is 0 Å². The molecule has 0 aromatic rings. The van der Waals surface area contributed by atoms with E-state index < -0.39 is 9.84 Å². The highest BCUT2D eigenvalue weighted by Crippen LogP contribution is 1.97. The maximum absolute atomic E-state index is 10.7. The first-order chi connectivity index (χ1) is 4.99. The van der Waals surface area contributed by atoms with E-state index in [1.807, 2.05) is 0 Å². The van der Waals surface area contributed by atoms with Gasteiger partial charge in [-0.2, -0.15) is 0 Å². The first kappa shape index (κ1) is 10.9. The third-order valence-corrected chi connectivity index (χ3v) is 2.38. The highest BCUT2D eigenvalue weighted by Gasteiger charge is 2.08. The molecule has 0 rings (SSSR count). The van der Waals surface area contributed by atoms with Crippen LogP contribution in [0.5, 0.6) is 0 Å². The van der Waals surface area contributed by atoms with Crippen LogP contribution < -0.4 is 5.73 Å². The van der Waals surface area contributed by atoms with E-state index in [0.717, 1.165) is 0 Å². The lowest BCUT2D eigenvalue weighted by atomic mass is 10.3. The molecule has 0 aromatic heterocycles. The zero-order valence-electron chi connectivity index (χ0n) is 6.91. The highest BCUT2D eigenvalue weighted by atomic mass is 32.2. The molecule has 4 nitrogen and oxygen atoms in total. The Balaban J connectivity index is 3.69. The molecule has 0 aliphatic heterocycles. The first-order valence-corrected chi connectivity index (χ1v) is 5.46. The number of rotatable bonds is 5. The maximum Gasteiger partial charge on any atom is 0.147 e. The van der Waals surface area contributed by atoms with E-state index in [1.54, 1.807) is 0 Å². The number of hydrogen-bond donors (Lipinski definition) is 1. The molecule has 0 radical (unpaired) electrons. The average molecular weight is 181 g/mol. The molecular formula is C6H15NO3S. The first-order valence-electron chi connectivity index (χ1n) is 3.40. The third-order valence-electron chi connectivity index (χ3n) is 1.41. The molecule has 0 aliphatic carbocycles. The summed E-state index contributed by atoms with van der Waals surface area (Å²) in [6.45, 7) is 0.367. The summed E-state index contributed by atoms with van der Waals surface area (Å²) in [4.78, 5) is 0. The van der Waals surface area contributed by atoms with E-state index in [1.165, 1.54) is 13.4 Å². The molecule has 1 unspecified atom stereocenters. The van der Waals surface area contributed by atoms with Gasteiger partial charge in [0.15, 0.2) is 0 Å². The third kappa shape index (κ3) is 6.28. The topological polar surface area (TPSA) is 69.4 Å². The Morgan fingerprint density at radius 1 is 1.55 bits per heavy atom. The van der Waals surface area contributed by atoms with Gasteiger partial charge >= 0.3 is 0 Å². The molecule has 2 N–H and O–H groups in total. The van der Waals surface area contributed by atoms with Gasteiger partial charge in [0.25, 0.3) is 0 Å². The van der Waals surface area contributed by atoms with Crippen LogP contribution in [0.1, 0.15) is 6.42 Å². The van der Waals surface area contributed by atoms with Crippen molar-refractivity contribution in [1.29, 1.82) is 0 Å². The van der Waals surface area contributed by atoms with Crippen LogP contribution in [0, 0.1) is 0 Å². The molecule has 68 valence electrons. The van der Waals surface area contributed by atoms with E-state index in [9.17, 15) is 8.42 Å². The van der Waals surface area contributed by atoms with Crippen LogP contribution >= 0.6 is 0 Å². The second kappa shape index (κ2) is 4.69. The van der Waals surface area contributed by atoms with Crippen LogP contribution in [0.15, 0.2) is 0 Å². The predicted octanol–water partition coefficient (Wildman–Crippen LogP) is -0.605. The molecule has 0 saturated carbocycles. The largest absolute Gasteiger partial charge is 0.380 e. The van der Waals surface area contributed by atoms with Crippen molar-refractivity contribution in [2.45, 2.75) is 12.5 Å². The zero-order chi connectivity index (χ0) is 8.91. The Labute approximate surface area is 67.6 Å². The van der Waals surface area contributed by atoms with Crippen LogP contribution in [0.3, 0.4) is 0 Å². The summed E-state index contributed by atoms with van der Waals surface area (Å²) in [5, 5.41) is 0. The molecule has 0 saturated heterocycles. The van der Waals surface area contributed by atoms with E-state index in [4.69, 9.17) is 10.5 Å². The van der Waals surface area contributed by atoms with Gasteiger partial charge in [-0.25, -0.2) is 8.42 Å². The molecule has 5 heteroatoms.